The number of hydroxylamine groups is 2. The number of nitriles is 1. The Bertz CT molecular complexity index is 922. The van der Waals surface area contributed by atoms with Gasteiger partial charge in [-0.3, -0.25) is 14.6 Å². The predicted octanol–water partition coefficient (Wildman–Crippen LogP) is 1.87. The zero-order valence-corrected chi connectivity index (χ0v) is 16.2. The van der Waals surface area contributed by atoms with Crippen LogP contribution in [0.5, 0.6) is 6.01 Å². The van der Waals surface area contributed by atoms with Gasteiger partial charge in [-0.15, -0.1) is 0 Å². The van der Waals surface area contributed by atoms with Crippen molar-refractivity contribution in [3.8, 4) is 12.1 Å². The quantitative estimate of drug-likeness (QED) is 0.774. The molecule has 0 aromatic carbocycles. The number of rotatable bonds is 4. The van der Waals surface area contributed by atoms with Crippen molar-refractivity contribution in [2.24, 2.45) is 5.92 Å². The molecule has 0 aliphatic carbocycles. The summed E-state index contributed by atoms with van der Waals surface area (Å²) in [6.45, 7) is 1.92. The third kappa shape index (κ3) is 3.98. The second kappa shape index (κ2) is 8.41. The van der Waals surface area contributed by atoms with Gasteiger partial charge < -0.3 is 9.64 Å². The van der Waals surface area contributed by atoms with E-state index in [2.05, 4.69) is 25.9 Å². The number of methoxy groups -OCH3 is 1. The molecular weight excluding hydrogens is 372 g/mol. The lowest BCUT2D eigenvalue weighted by atomic mass is 9.94. The Morgan fingerprint density at radius 2 is 2.14 bits per heavy atom. The fourth-order valence-electron chi connectivity index (χ4n) is 3.83. The number of piperidine rings is 1. The second-order valence-corrected chi connectivity index (χ2v) is 7.08. The van der Waals surface area contributed by atoms with Gasteiger partial charge in [0.2, 0.25) is 5.91 Å². The lowest BCUT2D eigenvalue weighted by Crippen LogP contribution is -2.42. The van der Waals surface area contributed by atoms with Crippen LogP contribution < -0.4 is 9.64 Å². The highest BCUT2D eigenvalue weighted by atomic mass is 16.7. The van der Waals surface area contributed by atoms with Crippen molar-refractivity contribution in [1.82, 2.24) is 20.0 Å². The van der Waals surface area contributed by atoms with Crippen LogP contribution in [0.4, 0.5) is 5.82 Å². The van der Waals surface area contributed by atoms with Gasteiger partial charge in [0.1, 0.15) is 11.9 Å². The third-order valence-electron chi connectivity index (χ3n) is 5.36. The highest BCUT2D eigenvalue weighted by Gasteiger charge is 2.37. The van der Waals surface area contributed by atoms with Crippen LogP contribution >= 0.6 is 0 Å². The molecule has 2 fully saturated rings. The Balaban J connectivity index is 1.41. The van der Waals surface area contributed by atoms with Crippen molar-refractivity contribution in [2.45, 2.75) is 25.3 Å². The molecule has 4 rings (SSSR count). The summed E-state index contributed by atoms with van der Waals surface area (Å²) in [6, 6.07) is 5.85. The summed E-state index contributed by atoms with van der Waals surface area (Å²) in [5, 5.41) is 10.6. The number of ether oxygens (including phenoxy) is 1. The van der Waals surface area contributed by atoms with Crippen molar-refractivity contribution < 1.29 is 14.4 Å². The smallest absolute Gasteiger partial charge is 0.318 e. The van der Waals surface area contributed by atoms with Crippen LogP contribution in [-0.2, 0) is 9.63 Å². The lowest BCUT2D eigenvalue weighted by molar-refractivity contribution is -0.182. The van der Waals surface area contributed by atoms with E-state index in [0.29, 0.717) is 37.4 Å². The molecule has 1 amide bonds. The van der Waals surface area contributed by atoms with E-state index in [-0.39, 0.29) is 17.9 Å². The van der Waals surface area contributed by atoms with Gasteiger partial charge in [0.05, 0.1) is 25.3 Å². The van der Waals surface area contributed by atoms with E-state index >= 15 is 0 Å². The van der Waals surface area contributed by atoms with Gasteiger partial charge in [-0.25, -0.2) is 10.0 Å². The summed E-state index contributed by atoms with van der Waals surface area (Å²) < 4.78 is 5.09. The number of nitrogens with zero attached hydrogens (tertiary/aromatic N) is 6. The zero-order chi connectivity index (χ0) is 20.2. The van der Waals surface area contributed by atoms with Crippen LogP contribution in [0.15, 0.2) is 30.7 Å². The van der Waals surface area contributed by atoms with Crippen LogP contribution in [0.1, 0.15) is 36.4 Å². The SMILES string of the molecule is COc1nccc(N2CCC(C(=O)N3OCC[C@H]3c3cncc(C#N)c3)CC2)n1. The molecule has 0 radical (unpaired) electrons. The monoisotopic (exact) mass is 394 g/mol. The van der Waals surface area contributed by atoms with E-state index in [1.165, 1.54) is 18.4 Å². The normalized spacial score (nSPS) is 19.8. The molecule has 9 heteroatoms. The summed E-state index contributed by atoms with van der Waals surface area (Å²) >= 11 is 0. The highest BCUT2D eigenvalue weighted by Crippen LogP contribution is 2.34. The van der Waals surface area contributed by atoms with Crippen LogP contribution in [0.3, 0.4) is 0 Å². The van der Waals surface area contributed by atoms with Crippen LogP contribution in [0, 0.1) is 17.2 Å². The first-order valence-electron chi connectivity index (χ1n) is 9.62. The average molecular weight is 394 g/mol. The van der Waals surface area contributed by atoms with E-state index in [1.54, 1.807) is 18.5 Å². The molecule has 0 bridgehead atoms. The minimum absolute atomic E-state index is 0.00483. The maximum absolute atomic E-state index is 13.1. The van der Waals surface area contributed by atoms with Crippen molar-refractivity contribution in [3.63, 3.8) is 0 Å². The van der Waals surface area contributed by atoms with Crippen molar-refractivity contribution in [2.75, 3.05) is 31.7 Å². The zero-order valence-electron chi connectivity index (χ0n) is 16.2. The van der Waals surface area contributed by atoms with Gasteiger partial charge in [0.25, 0.3) is 0 Å². The maximum Gasteiger partial charge on any atom is 0.318 e. The molecule has 0 N–H and O–H groups in total. The van der Waals surface area contributed by atoms with E-state index in [0.717, 1.165) is 24.5 Å². The number of anilines is 1. The number of hydrogen-bond acceptors (Lipinski definition) is 8. The minimum Gasteiger partial charge on any atom is -0.467 e. The first kappa shape index (κ1) is 19.1. The molecule has 1 atom stereocenters. The van der Waals surface area contributed by atoms with Gasteiger partial charge in [0, 0.05) is 44.0 Å². The summed E-state index contributed by atoms with van der Waals surface area (Å²) in [6.07, 6.45) is 7.02. The van der Waals surface area contributed by atoms with E-state index in [4.69, 9.17) is 14.8 Å². The van der Waals surface area contributed by atoms with E-state index in [1.807, 2.05) is 6.07 Å². The Morgan fingerprint density at radius 3 is 2.90 bits per heavy atom. The Morgan fingerprint density at radius 1 is 1.31 bits per heavy atom. The number of carbonyl (C=O) groups is 1. The highest BCUT2D eigenvalue weighted by molar-refractivity contribution is 5.79. The first-order chi connectivity index (χ1) is 14.2. The first-order valence-corrected chi connectivity index (χ1v) is 9.62. The molecule has 2 saturated heterocycles. The number of amides is 1. The molecule has 4 heterocycles. The van der Waals surface area contributed by atoms with Crippen molar-refractivity contribution >= 4 is 11.7 Å². The average Bonchev–Trinajstić information content (AvgIpc) is 3.29. The Hall–Kier alpha value is -3.25. The molecule has 29 heavy (non-hydrogen) atoms. The van der Waals surface area contributed by atoms with Gasteiger partial charge in [-0.1, -0.05) is 0 Å². The summed E-state index contributed by atoms with van der Waals surface area (Å²) in [4.78, 5) is 33.5. The van der Waals surface area contributed by atoms with Gasteiger partial charge in [-0.05, 0) is 30.5 Å². The van der Waals surface area contributed by atoms with Crippen LogP contribution in [0.2, 0.25) is 0 Å². The van der Waals surface area contributed by atoms with Crippen LogP contribution in [-0.4, -0.2) is 52.7 Å². The third-order valence-corrected chi connectivity index (χ3v) is 5.36. The standard InChI is InChI=1S/C20H22N6O3/c1-28-20-23-6-2-18(24-20)25-7-3-15(4-8-25)19(27)26-17(5-9-29-26)16-10-14(11-21)12-22-13-16/h2,6,10,12-13,15,17H,3-5,7-9H2,1H3/t17-/m0/s1. The Labute approximate surface area is 168 Å². The molecule has 2 aromatic rings. The van der Waals surface area contributed by atoms with Gasteiger partial charge in [0.15, 0.2) is 0 Å². The molecule has 2 aliphatic heterocycles. The summed E-state index contributed by atoms with van der Waals surface area (Å²) in [7, 11) is 1.54. The molecule has 9 nitrogen and oxygen atoms in total. The van der Waals surface area contributed by atoms with Gasteiger partial charge in [-0.2, -0.15) is 10.2 Å². The minimum atomic E-state index is -0.201. The van der Waals surface area contributed by atoms with Crippen molar-refractivity contribution in [1.29, 1.82) is 5.26 Å². The number of hydrogen-bond donors (Lipinski definition) is 0. The molecule has 0 spiro atoms. The predicted molar refractivity (Wildman–Crippen MR) is 103 cm³/mol. The van der Waals surface area contributed by atoms with Gasteiger partial charge >= 0.3 is 6.01 Å². The Kier molecular flexibility index (Phi) is 5.53. The molecule has 0 saturated carbocycles. The molecular formula is C20H22N6O3. The van der Waals surface area contributed by atoms with E-state index < -0.39 is 0 Å². The molecule has 150 valence electrons. The second-order valence-electron chi connectivity index (χ2n) is 7.08. The molecule has 2 aromatic heterocycles. The molecule has 0 unspecified atom stereocenters. The number of carbonyl (C=O) groups excluding carboxylic acids is 1. The van der Waals surface area contributed by atoms with Crippen LogP contribution in [0.25, 0.3) is 0 Å². The summed E-state index contributed by atoms with van der Waals surface area (Å²) in [5.74, 6) is 0.690. The fourth-order valence-corrected chi connectivity index (χ4v) is 3.83. The van der Waals surface area contributed by atoms with Crippen molar-refractivity contribution in [3.05, 3.63) is 41.9 Å². The topological polar surface area (TPSA) is 104 Å². The molecule has 2 aliphatic rings. The number of pyridine rings is 1. The summed E-state index contributed by atoms with van der Waals surface area (Å²) in [5.41, 5.74) is 1.32. The number of aromatic nitrogens is 3. The maximum atomic E-state index is 13.1. The van der Waals surface area contributed by atoms with E-state index in [9.17, 15) is 4.79 Å². The lowest BCUT2D eigenvalue weighted by Gasteiger charge is -2.34. The largest absolute Gasteiger partial charge is 0.467 e. The fraction of sp³-hybridized carbons (Fsp3) is 0.450.